The molecule has 0 spiro atoms. The molecule has 0 aromatic heterocycles. The van der Waals surface area contributed by atoms with Gasteiger partial charge >= 0.3 is 0 Å². The Morgan fingerprint density at radius 2 is 1.61 bits per heavy atom. The van der Waals surface area contributed by atoms with Crippen molar-refractivity contribution < 1.29 is 9.59 Å². The average Bonchev–Trinajstić information content (AvgIpc) is 2.68. The van der Waals surface area contributed by atoms with E-state index in [1.807, 2.05) is 32.0 Å². The van der Waals surface area contributed by atoms with Crippen molar-refractivity contribution in [2.24, 2.45) is 0 Å². The summed E-state index contributed by atoms with van der Waals surface area (Å²) in [7, 11) is 0. The molecule has 0 aliphatic carbocycles. The van der Waals surface area contributed by atoms with Crippen molar-refractivity contribution >= 4 is 28.3 Å². The van der Waals surface area contributed by atoms with Gasteiger partial charge in [-0.1, -0.05) is 38.1 Å². The molecule has 4 nitrogen and oxygen atoms in total. The van der Waals surface area contributed by atoms with Crippen molar-refractivity contribution in [3.63, 3.8) is 0 Å². The normalized spacial score (nSPS) is 12.8. The van der Waals surface area contributed by atoms with E-state index in [-0.39, 0.29) is 11.8 Å². The van der Waals surface area contributed by atoms with Gasteiger partial charge in [-0.05, 0) is 11.5 Å². The molecule has 0 atom stereocenters. The van der Waals surface area contributed by atoms with Crippen LogP contribution in [0.2, 0.25) is 0 Å². The minimum absolute atomic E-state index is 0.351. The number of carbonyl (C=O) groups is 2. The van der Waals surface area contributed by atoms with Gasteiger partial charge in [0, 0.05) is 11.1 Å². The molecular formula is C14H14N2O2. The van der Waals surface area contributed by atoms with Gasteiger partial charge < -0.3 is 5.73 Å². The fraction of sp³-hybridized carbons (Fsp3) is 0.143. The Kier molecular flexibility index (Phi) is 3.02. The lowest BCUT2D eigenvalue weighted by molar-refractivity contribution is 0.0880. The van der Waals surface area contributed by atoms with Crippen LogP contribution in [0.1, 0.15) is 34.6 Å². The van der Waals surface area contributed by atoms with Crippen molar-refractivity contribution in [1.82, 2.24) is 5.32 Å². The van der Waals surface area contributed by atoms with Crippen LogP contribution in [0, 0.1) is 0 Å². The van der Waals surface area contributed by atoms with Crippen molar-refractivity contribution in [3.8, 4) is 0 Å². The van der Waals surface area contributed by atoms with Gasteiger partial charge in [-0.25, -0.2) is 0 Å². The lowest BCUT2D eigenvalue weighted by atomic mass is 9.99. The second kappa shape index (κ2) is 4.49. The predicted octanol–water partition coefficient (Wildman–Crippen LogP) is 2.33. The highest BCUT2D eigenvalue weighted by Crippen LogP contribution is 2.30. The molecular weight excluding hydrogens is 228 g/mol. The third-order valence-electron chi connectivity index (χ3n) is 2.78. The smallest absolute Gasteiger partial charge is 0.259 e. The first-order valence-electron chi connectivity index (χ1n) is 5.85. The average molecular weight is 242 g/mol. The lowest BCUT2D eigenvalue weighted by Crippen LogP contribution is -2.19. The zero-order valence-electron chi connectivity index (χ0n) is 10.3. The SMILES string of the molecule is CC.Nc1cc2c(c3ccccc13)C(=O)NC2=O. The van der Waals surface area contributed by atoms with Gasteiger partial charge in [0.25, 0.3) is 11.8 Å². The first-order valence-corrected chi connectivity index (χ1v) is 5.85. The summed E-state index contributed by atoms with van der Waals surface area (Å²) >= 11 is 0. The van der Waals surface area contributed by atoms with Crippen LogP contribution in [0.5, 0.6) is 0 Å². The van der Waals surface area contributed by atoms with E-state index in [9.17, 15) is 9.59 Å². The maximum Gasteiger partial charge on any atom is 0.259 e. The van der Waals surface area contributed by atoms with Gasteiger partial charge in [0.2, 0.25) is 0 Å². The monoisotopic (exact) mass is 242 g/mol. The number of amides is 2. The highest BCUT2D eigenvalue weighted by atomic mass is 16.2. The van der Waals surface area contributed by atoms with E-state index in [1.165, 1.54) is 0 Å². The summed E-state index contributed by atoms with van der Waals surface area (Å²) in [5, 5.41) is 3.79. The maximum atomic E-state index is 11.6. The number of imide groups is 1. The molecule has 0 saturated carbocycles. The van der Waals surface area contributed by atoms with E-state index in [4.69, 9.17) is 5.73 Å². The Balaban J connectivity index is 0.000000574. The molecule has 2 amide bonds. The molecule has 1 aliphatic rings. The lowest BCUT2D eigenvalue weighted by Gasteiger charge is -2.05. The Bertz CT molecular complexity index is 648. The van der Waals surface area contributed by atoms with Crippen LogP contribution >= 0.6 is 0 Å². The van der Waals surface area contributed by atoms with Crippen LogP contribution in [0.4, 0.5) is 5.69 Å². The second-order valence-electron chi connectivity index (χ2n) is 3.72. The summed E-state index contributed by atoms with van der Waals surface area (Å²) in [6, 6.07) is 8.85. The Morgan fingerprint density at radius 1 is 1.00 bits per heavy atom. The molecule has 0 saturated heterocycles. The maximum absolute atomic E-state index is 11.6. The zero-order chi connectivity index (χ0) is 13.3. The Morgan fingerprint density at radius 3 is 2.28 bits per heavy atom. The summed E-state index contributed by atoms with van der Waals surface area (Å²) < 4.78 is 0. The van der Waals surface area contributed by atoms with Crippen LogP contribution in [-0.4, -0.2) is 11.8 Å². The van der Waals surface area contributed by atoms with E-state index < -0.39 is 0 Å². The van der Waals surface area contributed by atoms with Crippen molar-refractivity contribution in [3.05, 3.63) is 41.5 Å². The quantitative estimate of drug-likeness (QED) is 0.550. The van der Waals surface area contributed by atoms with E-state index in [2.05, 4.69) is 5.32 Å². The van der Waals surface area contributed by atoms with Crippen molar-refractivity contribution in [1.29, 1.82) is 0 Å². The third-order valence-corrected chi connectivity index (χ3v) is 2.78. The molecule has 0 bridgehead atoms. The van der Waals surface area contributed by atoms with Crippen LogP contribution < -0.4 is 11.1 Å². The Labute approximate surface area is 105 Å². The molecule has 1 heterocycles. The van der Waals surface area contributed by atoms with Crippen LogP contribution in [0.3, 0.4) is 0 Å². The number of anilines is 1. The molecule has 92 valence electrons. The molecule has 0 radical (unpaired) electrons. The number of carbonyl (C=O) groups excluding carboxylic acids is 2. The highest BCUT2D eigenvalue weighted by Gasteiger charge is 2.29. The van der Waals surface area contributed by atoms with E-state index in [0.717, 1.165) is 10.8 Å². The molecule has 0 fully saturated rings. The minimum atomic E-state index is -0.377. The largest absolute Gasteiger partial charge is 0.398 e. The molecule has 1 aliphatic heterocycles. The number of nitrogens with one attached hydrogen (secondary N) is 1. The zero-order valence-corrected chi connectivity index (χ0v) is 10.3. The van der Waals surface area contributed by atoms with E-state index >= 15 is 0 Å². The number of fused-ring (bicyclic) bond motifs is 3. The van der Waals surface area contributed by atoms with Gasteiger partial charge in [0.05, 0.1) is 11.1 Å². The molecule has 3 N–H and O–H groups in total. The van der Waals surface area contributed by atoms with Crippen molar-refractivity contribution in [2.45, 2.75) is 13.8 Å². The predicted molar refractivity (Wildman–Crippen MR) is 71.5 cm³/mol. The van der Waals surface area contributed by atoms with Gasteiger partial charge in [0.15, 0.2) is 0 Å². The summed E-state index contributed by atoms with van der Waals surface area (Å²) in [5.41, 5.74) is 7.15. The van der Waals surface area contributed by atoms with Crippen LogP contribution in [0.15, 0.2) is 30.3 Å². The molecule has 2 aromatic rings. The third kappa shape index (κ3) is 1.62. The molecule has 18 heavy (non-hydrogen) atoms. The molecule has 0 unspecified atom stereocenters. The van der Waals surface area contributed by atoms with E-state index in [1.54, 1.807) is 12.1 Å². The fourth-order valence-electron chi connectivity index (χ4n) is 2.06. The highest BCUT2D eigenvalue weighted by molar-refractivity contribution is 6.27. The number of benzene rings is 2. The summed E-state index contributed by atoms with van der Waals surface area (Å²) in [4.78, 5) is 23.1. The molecule has 2 aromatic carbocycles. The fourth-order valence-corrected chi connectivity index (χ4v) is 2.06. The number of hydrogen-bond acceptors (Lipinski definition) is 3. The van der Waals surface area contributed by atoms with Crippen LogP contribution in [0.25, 0.3) is 10.8 Å². The molecule has 4 heteroatoms. The van der Waals surface area contributed by atoms with Gasteiger partial charge in [0.1, 0.15) is 0 Å². The summed E-state index contributed by atoms with van der Waals surface area (Å²) in [6.45, 7) is 4.00. The number of nitrogens with two attached hydrogens (primary N) is 1. The van der Waals surface area contributed by atoms with E-state index in [0.29, 0.717) is 16.8 Å². The first kappa shape index (κ1) is 12.1. The van der Waals surface area contributed by atoms with Gasteiger partial charge in [-0.2, -0.15) is 0 Å². The Hall–Kier alpha value is -2.36. The summed E-state index contributed by atoms with van der Waals surface area (Å²) in [5.74, 6) is -0.728. The molecule has 3 rings (SSSR count). The van der Waals surface area contributed by atoms with Crippen molar-refractivity contribution in [2.75, 3.05) is 5.73 Å². The number of hydrogen-bond donors (Lipinski definition) is 2. The van der Waals surface area contributed by atoms with Crippen LogP contribution in [-0.2, 0) is 0 Å². The minimum Gasteiger partial charge on any atom is -0.398 e. The topological polar surface area (TPSA) is 72.2 Å². The second-order valence-corrected chi connectivity index (χ2v) is 3.72. The number of rotatable bonds is 0. The van der Waals surface area contributed by atoms with Gasteiger partial charge in [-0.3, -0.25) is 14.9 Å². The summed E-state index contributed by atoms with van der Waals surface area (Å²) in [6.07, 6.45) is 0. The standard InChI is InChI=1S/C12H8N2O2.C2H6/c13-9-5-8-10(12(16)14-11(8)15)7-4-2-1-3-6(7)9;1-2/h1-5H,13H2,(H,14,15,16);1-2H3. The first-order chi connectivity index (χ1) is 8.68. The number of nitrogen functional groups attached to an aromatic ring is 1. The van der Waals surface area contributed by atoms with Gasteiger partial charge in [-0.15, -0.1) is 0 Å².